The summed E-state index contributed by atoms with van der Waals surface area (Å²) in [5, 5.41) is 15.7. The van der Waals surface area contributed by atoms with Gasteiger partial charge < -0.3 is 20.2 Å². The van der Waals surface area contributed by atoms with E-state index in [1.54, 1.807) is 0 Å². The Morgan fingerprint density at radius 2 is 1.77 bits per heavy atom. The van der Waals surface area contributed by atoms with E-state index in [1.807, 2.05) is 5.32 Å². The van der Waals surface area contributed by atoms with E-state index >= 15 is 0 Å². The second kappa shape index (κ2) is 7.69. The van der Waals surface area contributed by atoms with Gasteiger partial charge in [-0.3, -0.25) is 9.59 Å². The van der Waals surface area contributed by atoms with E-state index in [2.05, 4.69) is 5.32 Å². The van der Waals surface area contributed by atoms with Crippen molar-refractivity contribution in [3.63, 3.8) is 0 Å². The molecule has 0 aliphatic heterocycles. The zero-order valence-corrected chi connectivity index (χ0v) is 17.8. The molecule has 0 fully saturated rings. The number of hydrogen-bond donors (Lipinski definition) is 3. The van der Waals surface area contributed by atoms with Gasteiger partial charge in [0.15, 0.2) is 16.0 Å². The first-order chi connectivity index (χ1) is 14.2. The summed E-state index contributed by atoms with van der Waals surface area (Å²) in [6.07, 6.45) is -4.86. The largest absolute Gasteiger partial charge is 0.504 e. The quantitative estimate of drug-likeness (QED) is 0.441. The number of alkyl halides is 3. The van der Waals surface area contributed by atoms with Crippen LogP contribution in [-0.4, -0.2) is 38.1 Å². The molecule has 0 radical (unpaired) electrons. The van der Waals surface area contributed by atoms with Gasteiger partial charge in [0, 0.05) is 19.5 Å². The van der Waals surface area contributed by atoms with Gasteiger partial charge in [0.25, 0.3) is 20.9 Å². The normalized spacial score (nSPS) is 13.6. The minimum Gasteiger partial charge on any atom is -0.504 e. The summed E-state index contributed by atoms with van der Waals surface area (Å²) < 4.78 is 70.4. The predicted octanol–water partition coefficient (Wildman–Crippen LogP) is 2.66. The van der Waals surface area contributed by atoms with Gasteiger partial charge in [-0.2, -0.15) is 13.2 Å². The van der Waals surface area contributed by atoms with Crippen LogP contribution in [0.2, 0.25) is 0 Å². The third-order valence-corrected chi connectivity index (χ3v) is 7.58. The highest BCUT2D eigenvalue weighted by Gasteiger charge is 2.44. The van der Waals surface area contributed by atoms with E-state index < -0.39 is 60.2 Å². The van der Waals surface area contributed by atoms with E-state index in [-0.39, 0.29) is 11.4 Å². The first-order valence-corrected chi connectivity index (χ1v) is 10.8. The number of aryl methyl sites for hydroxylation is 1. The maximum absolute atomic E-state index is 13.5. The lowest BCUT2D eigenvalue weighted by atomic mass is 10.1. The molecule has 0 aliphatic rings. The summed E-state index contributed by atoms with van der Waals surface area (Å²) in [5.41, 5.74) is -3.77. The van der Waals surface area contributed by atoms with Gasteiger partial charge in [0.1, 0.15) is 22.9 Å². The van der Waals surface area contributed by atoms with Gasteiger partial charge in [0.2, 0.25) is 0 Å². The van der Waals surface area contributed by atoms with Crippen LogP contribution in [0.5, 0.6) is 5.75 Å². The van der Waals surface area contributed by atoms with Gasteiger partial charge in [-0.25, -0.2) is 12.7 Å². The molecule has 31 heavy (non-hydrogen) atoms. The van der Waals surface area contributed by atoms with Crippen LogP contribution in [0.25, 0.3) is 0 Å². The molecular weight excluding hydrogens is 463 g/mol. The maximum Gasteiger partial charge on any atom is 0.415 e. The second-order valence-electron chi connectivity index (χ2n) is 6.67. The topological polar surface area (TPSA) is 129 Å². The van der Waals surface area contributed by atoms with Crippen LogP contribution >= 0.6 is 11.3 Å². The van der Waals surface area contributed by atoms with Crippen LogP contribution in [0, 0.1) is 6.92 Å². The van der Waals surface area contributed by atoms with Crippen molar-refractivity contribution in [2.75, 3.05) is 24.7 Å². The number of halogens is 3. The fraction of sp³-hybridized carbons (Fsp3) is 0.294. The summed E-state index contributed by atoms with van der Waals surface area (Å²) >= 11 is 0.633. The number of sulfonamides is 1. The lowest BCUT2D eigenvalue weighted by Crippen LogP contribution is -2.40. The molecule has 0 unspecified atom stereocenters. The fourth-order valence-electron chi connectivity index (χ4n) is 2.62. The van der Waals surface area contributed by atoms with Crippen molar-refractivity contribution in [2.24, 2.45) is 0 Å². The third kappa shape index (κ3) is 4.05. The highest BCUT2D eigenvalue weighted by Crippen LogP contribution is 2.42. The first-order valence-electron chi connectivity index (χ1n) is 8.48. The number of furan rings is 1. The first kappa shape index (κ1) is 22.8. The van der Waals surface area contributed by atoms with Gasteiger partial charge in [-0.15, -0.1) is 11.3 Å². The molecule has 14 heteroatoms. The van der Waals surface area contributed by atoms with Crippen LogP contribution in [0.4, 0.5) is 30.2 Å². The zero-order valence-electron chi connectivity index (χ0n) is 16.2. The number of anilines is 3. The highest BCUT2D eigenvalue weighted by molar-refractivity contribution is 7.91. The zero-order chi connectivity index (χ0) is 23.3. The predicted molar refractivity (Wildman–Crippen MR) is 107 cm³/mol. The third-order valence-electron chi connectivity index (χ3n) is 4.28. The van der Waals surface area contributed by atoms with Gasteiger partial charge >= 0.3 is 6.18 Å². The lowest BCUT2D eigenvalue weighted by molar-refractivity contribution is -0.147. The molecule has 1 aromatic carbocycles. The molecule has 1 atom stereocenters. The van der Waals surface area contributed by atoms with Gasteiger partial charge in [-0.1, -0.05) is 0 Å². The fourth-order valence-corrected chi connectivity index (χ4v) is 5.00. The lowest BCUT2D eigenvalue weighted by Gasteiger charge is -2.23. The van der Waals surface area contributed by atoms with Gasteiger partial charge in [0.05, 0.1) is 5.69 Å². The van der Waals surface area contributed by atoms with E-state index in [0.717, 1.165) is 15.8 Å². The number of aromatic hydroxyl groups is 1. The molecule has 0 amide bonds. The Bertz CT molecular complexity index is 1300. The summed E-state index contributed by atoms with van der Waals surface area (Å²) in [6, 6.07) is -0.0131. The van der Waals surface area contributed by atoms with E-state index in [0.29, 0.717) is 11.3 Å². The minimum atomic E-state index is -4.86. The van der Waals surface area contributed by atoms with Crippen molar-refractivity contribution in [1.29, 1.82) is 0 Å². The second-order valence-corrected chi connectivity index (χ2v) is 9.90. The monoisotopic (exact) mass is 479 g/mol. The molecule has 3 N–H and O–H groups in total. The Hall–Kier alpha value is -2.84. The number of thiophene rings is 1. The van der Waals surface area contributed by atoms with Crippen LogP contribution in [0.1, 0.15) is 17.6 Å². The van der Waals surface area contributed by atoms with E-state index in [1.165, 1.54) is 27.1 Å². The number of nitrogens with zero attached hydrogens (tertiary/aromatic N) is 1. The van der Waals surface area contributed by atoms with Crippen LogP contribution in [-0.2, 0) is 10.0 Å². The van der Waals surface area contributed by atoms with Crippen LogP contribution < -0.4 is 21.5 Å². The molecule has 0 saturated heterocycles. The van der Waals surface area contributed by atoms with Crippen LogP contribution in [0.15, 0.2) is 35.7 Å². The molecule has 168 valence electrons. The Kier molecular flexibility index (Phi) is 5.67. The minimum absolute atomic E-state index is 0.215. The molecule has 3 aromatic rings. The molecule has 0 bridgehead atoms. The van der Waals surface area contributed by atoms with E-state index in [4.69, 9.17) is 4.42 Å². The summed E-state index contributed by atoms with van der Waals surface area (Å²) in [7, 11) is -1.52. The van der Waals surface area contributed by atoms with Crippen molar-refractivity contribution in [2.45, 2.75) is 23.4 Å². The molecule has 2 aromatic heterocycles. The highest BCUT2D eigenvalue weighted by atomic mass is 32.2. The Balaban J connectivity index is 1.95. The summed E-state index contributed by atoms with van der Waals surface area (Å²) in [4.78, 5) is 23.9. The number of nitrogens with one attached hydrogen (secondary N) is 2. The molecule has 3 rings (SSSR count). The van der Waals surface area contributed by atoms with Crippen LogP contribution in [0.3, 0.4) is 0 Å². The van der Waals surface area contributed by atoms with Crippen molar-refractivity contribution in [1.82, 2.24) is 4.31 Å². The Labute approximate surface area is 177 Å². The average Bonchev–Trinajstić information content (AvgIpc) is 3.25. The van der Waals surface area contributed by atoms with E-state index in [9.17, 15) is 36.3 Å². The molecule has 9 nitrogen and oxygen atoms in total. The molecule has 0 aliphatic carbocycles. The smallest absolute Gasteiger partial charge is 0.415 e. The van der Waals surface area contributed by atoms with Crippen molar-refractivity contribution in [3.8, 4) is 5.75 Å². The Morgan fingerprint density at radius 1 is 1.16 bits per heavy atom. The molecule has 0 spiro atoms. The van der Waals surface area contributed by atoms with Gasteiger partial charge in [-0.05, 0) is 19.1 Å². The average molecular weight is 479 g/mol. The molecule has 2 heterocycles. The molecular formula is C17H16F3N3O6S2. The standard InChI is InChI=1S/C17H16F3N3O6S2/c1-7-4-5-9(29-7)15(17(18,19)20)22-11-10(13(25)14(11)26)21-8-6-30-16(12(8)24)31(27,28)23(2)3/h4-6,15,21-22,24H,1-3H3/t15-/m0/s1. The summed E-state index contributed by atoms with van der Waals surface area (Å²) in [6.45, 7) is 1.44. The van der Waals surface area contributed by atoms with Crippen molar-refractivity contribution >= 4 is 38.4 Å². The Morgan fingerprint density at radius 3 is 2.29 bits per heavy atom. The summed E-state index contributed by atoms with van der Waals surface area (Å²) in [5.74, 6) is -1.03. The van der Waals surface area contributed by atoms with Crippen molar-refractivity contribution < 1.29 is 31.1 Å². The molecule has 0 saturated carbocycles. The maximum atomic E-state index is 13.5. The number of rotatable bonds is 7. The number of hydrogen-bond acceptors (Lipinski definition) is 9. The SMILES string of the molecule is Cc1ccc([C@H](Nc2c(Nc3csc(S(=O)(=O)N(C)C)c3O)c(=O)c2=O)C(F)(F)F)o1. The van der Waals surface area contributed by atoms with Crippen molar-refractivity contribution in [3.05, 3.63) is 49.5 Å².